The van der Waals surface area contributed by atoms with E-state index >= 15 is 0 Å². The standard InChI is InChI=1S/C26H27NO5S/c1-5-27(22-11-7-6-8-12-22)33(30,31)23-13-9-10-21(16-23)26(29)32-17-25(28)24-15-19(3)18(2)14-20(24)4/h6-16H,5,17H2,1-4H3. The molecule has 3 aromatic rings. The number of benzene rings is 3. The second-order valence-electron chi connectivity index (χ2n) is 7.78. The highest BCUT2D eigenvalue weighted by molar-refractivity contribution is 7.92. The Kier molecular flexibility index (Phi) is 7.33. The molecule has 6 nitrogen and oxygen atoms in total. The van der Waals surface area contributed by atoms with Gasteiger partial charge in [-0.3, -0.25) is 9.10 Å². The second kappa shape index (κ2) is 10.0. The number of anilines is 1. The molecule has 0 heterocycles. The number of carbonyl (C=O) groups is 2. The maximum atomic E-state index is 13.2. The fraction of sp³-hybridized carbons (Fsp3) is 0.231. The van der Waals surface area contributed by atoms with Crippen LogP contribution in [0, 0.1) is 20.8 Å². The zero-order valence-corrected chi connectivity index (χ0v) is 20.0. The zero-order valence-electron chi connectivity index (χ0n) is 19.2. The van der Waals surface area contributed by atoms with Gasteiger partial charge in [0.2, 0.25) is 5.78 Å². The van der Waals surface area contributed by atoms with Crippen LogP contribution in [0.1, 0.15) is 44.3 Å². The van der Waals surface area contributed by atoms with E-state index < -0.39 is 22.6 Å². The summed E-state index contributed by atoms with van der Waals surface area (Å²) in [5, 5.41) is 0. The molecule has 0 aliphatic rings. The van der Waals surface area contributed by atoms with Crippen molar-refractivity contribution < 1.29 is 22.7 Å². The van der Waals surface area contributed by atoms with Crippen molar-refractivity contribution in [3.8, 4) is 0 Å². The number of rotatable bonds is 8. The van der Waals surface area contributed by atoms with Crippen molar-refractivity contribution in [3.63, 3.8) is 0 Å². The summed E-state index contributed by atoms with van der Waals surface area (Å²) in [7, 11) is -3.89. The van der Waals surface area contributed by atoms with Crippen molar-refractivity contribution in [3.05, 3.63) is 94.5 Å². The molecule has 0 N–H and O–H groups in total. The van der Waals surface area contributed by atoms with E-state index in [1.165, 1.54) is 28.6 Å². The molecule has 0 amide bonds. The van der Waals surface area contributed by atoms with Gasteiger partial charge in [-0.2, -0.15) is 0 Å². The van der Waals surface area contributed by atoms with Crippen LogP contribution in [0.5, 0.6) is 0 Å². The van der Waals surface area contributed by atoms with Crippen LogP contribution in [0.3, 0.4) is 0 Å². The van der Waals surface area contributed by atoms with Crippen LogP contribution in [0.4, 0.5) is 5.69 Å². The lowest BCUT2D eigenvalue weighted by Crippen LogP contribution is -2.30. The normalized spacial score (nSPS) is 11.2. The van der Waals surface area contributed by atoms with Gasteiger partial charge in [-0.05, 0) is 80.8 Å². The van der Waals surface area contributed by atoms with E-state index in [0.29, 0.717) is 11.3 Å². The molecule has 0 saturated heterocycles. The first-order chi connectivity index (χ1) is 15.6. The van der Waals surface area contributed by atoms with Gasteiger partial charge in [0, 0.05) is 12.1 Å². The van der Waals surface area contributed by atoms with Crippen LogP contribution in [0.2, 0.25) is 0 Å². The molecule has 7 heteroatoms. The number of ether oxygens (including phenoxy) is 1. The Hall–Kier alpha value is -3.45. The van der Waals surface area contributed by atoms with Gasteiger partial charge in [0.25, 0.3) is 10.0 Å². The van der Waals surface area contributed by atoms with Gasteiger partial charge in [-0.25, -0.2) is 13.2 Å². The van der Waals surface area contributed by atoms with Gasteiger partial charge >= 0.3 is 5.97 Å². The third-order valence-corrected chi connectivity index (χ3v) is 7.36. The number of para-hydroxylation sites is 1. The molecule has 0 unspecified atom stereocenters. The highest BCUT2D eigenvalue weighted by Gasteiger charge is 2.25. The number of hydrogen-bond acceptors (Lipinski definition) is 5. The number of hydrogen-bond donors (Lipinski definition) is 0. The van der Waals surface area contributed by atoms with Crippen molar-refractivity contribution in [2.24, 2.45) is 0 Å². The summed E-state index contributed by atoms with van der Waals surface area (Å²) in [5.41, 5.74) is 3.96. The monoisotopic (exact) mass is 465 g/mol. The summed E-state index contributed by atoms with van der Waals surface area (Å²) in [4.78, 5) is 25.2. The van der Waals surface area contributed by atoms with Gasteiger partial charge in [-0.1, -0.05) is 30.3 Å². The minimum Gasteiger partial charge on any atom is -0.454 e. The summed E-state index contributed by atoms with van der Waals surface area (Å²) in [6, 6.07) is 18.1. The third-order valence-electron chi connectivity index (χ3n) is 5.46. The Morgan fingerprint density at radius 3 is 2.18 bits per heavy atom. The molecule has 3 rings (SSSR count). The summed E-state index contributed by atoms with van der Waals surface area (Å²) < 4.78 is 32.9. The van der Waals surface area contributed by atoms with E-state index in [0.717, 1.165) is 16.7 Å². The van der Waals surface area contributed by atoms with Gasteiger partial charge in [0.15, 0.2) is 6.61 Å². The van der Waals surface area contributed by atoms with E-state index in [1.807, 2.05) is 26.8 Å². The average molecular weight is 466 g/mol. The van der Waals surface area contributed by atoms with Crippen LogP contribution < -0.4 is 4.31 Å². The smallest absolute Gasteiger partial charge is 0.338 e. The lowest BCUT2D eigenvalue weighted by Gasteiger charge is -2.23. The molecule has 0 aliphatic heterocycles. The van der Waals surface area contributed by atoms with E-state index in [1.54, 1.807) is 43.3 Å². The molecule has 0 spiro atoms. The zero-order chi connectivity index (χ0) is 24.2. The molecular formula is C26H27NO5S. The SMILES string of the molecule is CCN(c1ccccc1)S(=O)(=O)c1cccc(C(=O)OCC(=O)c2cc(C)c(C)cc2C)c1. The van der Waals surface area contributed by atoms with Crippen LogP contribution in [-0.4, -0.2) is 33.3 Å². The first-order valence-corrected chi connectivity index (χ1v) is 12.0. The second-order valence-corrected chi connectivity index (χ2v) is 9.65. The predicted molar refractivity (Wildman–Crippen MR) is 128 cm³/mol. The summed E-state index contributed by atoms with van der Waals surface area (Å²) >= 11 is 0. The van der Waals surface area contributed by atoms with Gasteiger partial charge in [0.05, 0.1) is 16.1 Å². The lowest BCUT2D eigenvalue weighted by atomic mass is 9.98. The fourth-order valence-electron chi connectivity index (χ4n) is 3.55. The van der Waals surface area contributed by atoms with Gasteiger partial charge < -0.3 is 4.74 Å². The van der Waals surface area contributed by atoms with Crippen molar-refractivity contribution in [1.29, 1.82) is 0 Å². The molecule has 0 atom stereocenters. The maximum Gasteiger partial charge on any atom is 0.338 e. The van der Waals surface area contributed by atoms with E-state index in [9.17, 15) is 18.0 Å². The van der Waals surface area contributed by atoms with Gasteiger partial charge in [0.1, 0.15) is 0 Å². The molecular weight excluding hydrogens is 438 g/mol. The van der Waals surface area contributed by atoms with Crippen molar-refractivity contribution in [2.75, 3.05) is 17.5 Å². The highest BCUT2D eigenvalue weighted by atomic mass is 32.2. The van der Waals surface area contributed by atoms with Gasteiger partial charge in [-0.15, -0.1) is 0 Å². The predicted octanol–water partition coefficient (Wildman–Crippen LogP) is 4.87. The van der Waals surface area contributed by atoms with Crippen LogP contribution >= 0.6 is 0 Å². The minimum absolute atomic E-state index is 0.0287. The van der Waals surface area contributed by atoms with E-state index in [2.05, 4.69) is 0 Å². The molecule has 172 valence electrons. The molecule has 0 bridgehead atoms. The molecule has 3 aromatic carbocycles. The molecule has 0 radical (unpaired) electrons. The average Bonchev–Trinajstić information content (AvgIpc) is 2.80. The van der Waals surface area contributed by atoms with Crippen molar-refractivity contribution >= 4 is 27.5 Å². The Bertz CT molecular complexity index is 1280. The number of esters is 1. The van der Waals surface area contributed by atoms with Crippen molar-refractivity contribution in [1.82, 2.24) is 0 Å². The Labute approximate surface area is 194 Å². The molecule has 0 saturated carbocycles. The summed E-state index contributed by atoms with van der Waals surface area (Å²) in [6.45, 7) is 7.26. The number of carbonyl (C=O) groups excluding carboxylic acids is 2. The van der Waals surface area contributed by atoms with E-state index in [4.69, 9.17) is 4.74 Å². The topological polar surface area (TPSA) is 80.8 Å². The largest absolute Gasteiger partial charge is 0.454 e. The first kappa shape index (κ1) is 24.2. The number of nitrogens with zero attached hydrogens (tertiary/aromatic N) is 1. The summed E-state index contributed by atoms with van der Waals surface area (Å²) in [6.07, 6.45) is 0. The molecule has 0 aliphatic carbocycles. The molecule has 0 aromatic heterocycles. The molecule has 33 heavy (non-hydrogen) atoms. The fourth-order valence-corrected chi connectivity index (χ4v) is 5.07. The molecule has 0 fully saturated rings. The highest BCUT2D eigenvalue weighted by Crippen LogP contribution is 2.24. The first-order valence-electron chi connectivity index (χ1n) is 10.6. The lowest BCUT2D eigenvalue weighted by molar-refractivity contribution is 0.0474. The maximum absolute atomic E-state index is 13.2. The number of ketones is 1. The van der Waals surface area contributed by atoms with Crippen molar-refractivity contribution in [2.45, 2.75) is 32.6 Å². The Morgan fingerprint density at radius 1 is 0.848 bits per heavy atom. The van der Waals surface area contributed by atoms with E-state index in [-0.39, 0.29) is 22.8 Å². The third kappa shape index (κ3) is 5.31. The Morgan fingerprint density at radius 2 is 1.52 bits per heavy atom. The Balaban J connectivity index is 1.78. The number of sulfonamides is 1. The van der Waals surface area contributed by atoms with Crippen LogP contribution in [0.25, 0.3) is 0 Å². The summed E-state index contributed by atoms with van der Waals surface area (Å²) in [5.74, 6) is -1.07. The van der Waals surface area contributed by atoms with Crippen LogP contribution in [0.15, 0.2) is 71.6 Å². The minimum atomic E-state index is -3.89. The number of Topliss-reactive ketones (excluding diaryl/α,β-unsaturated/α-hetero) is 1. The quantitative estimate of drug-likeness (QED) is 0.350. The number of aryl methyl sites for hydroxylation is 3. The van der Waals surface area contributed by atoms with Crippen LogP contribution in [-0.2, 0) is 14.8 Å².